The first-order chi connectivity index (χ1) is 9.16. The number of hydrogen-bond acceptors (Lipinski definition) is 0. The minimum atomic E-state index is 0.531. The molecule has 0 aliphatic heterocycles. The van der Waals surface area contributed by atoms with E-state index in [1.165, 1.54) is 35.1 Å². The summed E-state index contributed by atoms with van der Waals surface area (Å²) in [7, 11) is 0. The lowest BCUT2D eigenvalue weighted by molar-refractivity contribution is 0.545. The van der Waals surface area contributed by atoms with Crippen molar-refractivity contribution < 1.29 is 0 Å². The molecule has 0 N–H and O–H groups in total. The maximum absolute atomic E-state index is 6.14. The number of benzene rings is 2. The Morgan fingerprint density at radius 1 is 1.00 bits per heavy atom. The third kappa shape index (κ3) is 2.30. The fraction of sp³-hybridized carbons (Fsp3) is 0.333. The molecule has 0 fully saturated rings. The van der Waals surface area contributed by atoms with Crippen LogP contribution in [0.2, 0.25) is 5.02 Å². The zero-order chi connectivity index (χ0) is 13.4. The fourth-order valence-electron chi connectivity index (χ4n) is 3.24. The normalized spacial score (nSPS) is 22.1. The van der Waals surface area contributed by atoms with Gasteiger partial charge in [0.25, 0.3) is 0 Å². The van der Waals surface area contributed by atoms with Crippen molar-refractivity contribution in [1.29, 1.82) is 0 Å². The molecule has 2 aromatic rings. The van der Waals surface area contributed by atoms with Crippen LogP contribution in [-0.2, 0) is 0 Å². The summed E-state index contributed by atoms with van der Waals surface area (Å²) in [5, 5.41) is 0.862. The molecule has 1 aliphatic rings. The molecule has 0 saturated heterocycles. The van der Waals surface area contributed by atoms with Gasteiger partial charge >= 0.3 is 0 Å². The molecule has 0 nitrogen and oxygen atoms in total. The summed E-state index contributed by atoms with van der Waals surface area (Å²) in [4.78, 5) is 0. The summed E-state index contributed by atoms with van der Waals surface area (Å²) in [5.41, 5.74) is 5.60. The average molecular weight is 271 g/mol. The molecule has 1 heteroatoms. The van der Waals surface area contributed by atoms with Crippen LogP contribution in [0.25, 0.3) is 0 Å². The number of hydrogen-bond donors (Lipinski definition) is 0. The number of halogens is 1. The maximum atomic E-state index is 6.14. The van der Waals surface area contributed by atoms with Gasteiger partial charge in [0.2, 0.25) is 0 Å². The molecule has 98 valence electrons. The predicted molar refractivity (Wildman–Crippen MR) is 82.1 cm³/mol. The smallest absolute Gasteiger partial charge is 0.0435 e. The van der Waals surface area contributed by atoms with E-state index in [4.69, 9.17) is 11.6 Å². The van der Waals surface area contributed by atoms with E-state index in [2.05, 4.69) is 50.2 Å². The van der Waals surface area contributed by atoms with Crippen molar-refractivity contribution in [2.24, 2.45) is 0 Å². The van der Waals surface area contributed by atoms with Crippen LogP contribution in [-0.4, -0.2) is 0 Å². The predicted octanol–water partition coefficient (Wildman–Crippen LogP) is 5.68. The molecule has 0 saturated carbocycles. The highest BCUT2D eigenvalue weighted by Gasteiger charge is 2.25. The Labute approximate surface area is 120 Å². The zero-order valence-corrected chi connectivity index (χ0v) is 12.2. The van der Waals surface area contributed by atoms with Gasteiger partial charge in [-0.2, -0.15) is 0 Å². The van der Waals surface area contributed by atoms with E-state index in [0.717, 1.165) is 5.02 Å². The third-order valence-corrected chi connectivity index (χ3v) is 4.80. The minimum Gasteiger partial charge on any atom is -0.0841 e. The van der Waals surface area contributed by atoms with E-state index < -0.39 is 0 Å². The van der Waals surface area contributed by atoms with Gasteiger partial charge in [-0.1, -0.05) is 54.9 Å². The van der Waals surface area contributed by atoms with Gasteiger partial charge in [-0.3, -0.25) is 0 Å². The van der Waals surface area contributed by atoms with Crippen molar-refractivity contribution in [1.82, 2.24) is 0 Å². The van der Waals surface area contributed by atoms with Gasteiger partial charge in [-0.05, 0) is 54.0 Å². The Balaban J connectivity index is 2.07. The molecule has 0 bridgehead atoms. The summed E-state index contributed by atoms with van der Waals surface area (Å²) in [6.45, 7) is 4.42. The lowest BCUT2D eigenvalue weighted by atomic mass is 9.74. The van der Waals surface area contributed by atoms with Gasteiger partial charge in [0.15, 0.2) is 0 Å². The van der Waals surface area contributed by atoms with Crippen LogP contribution >= 0.6 is 11.6 Å². The van der Waals surface area contributed by atoms with E-state index in [-0.39, 0.29) is 0 Å². The van der Waals surface area contributed by atoms with Crippen molar-refractivity contribution in [2.45, 2.75) is 38.5 Å². The van der Waals surface area contributed by atoms with Gasteiger partial charge in [-0.15, -0.1) is 0 Å². The van der Waals surface area contributed by atoms with Crippen LogP contribution < -0.4 is 0 Å². The molecule has 0 spiro atoms. The van der Waals surface area contributed by atoms with Gasteiger partial charge in [0.1, 0.15) is 0 Å². The lowest BCUT2D eigenvalue weighted by Gasteiger charge is -2.30. The first-order valence-electron chi connectivity index (χ1n) is 7.01. The number of rotatable bonds is 1. The van der Waals surface area contributed by atoms with Crippen LogP contribution in [0.3, 0.4) is 0 Å². The van der Waals surface area contributed by atoms with E-state index in [0.29, 0.717) is 11.8 Å². The standard InChI is InChI=1S/C18H19Cl/c1-12-7-9-16(17-6-4-3-5-15(12)17)14-8-10-18(19)13(2)11-14/h3-6,8,10-12,16H,7,9H2,1-2H3. The topological polar surface area (TPSA) is 0 Å². The van der Waals surface area contributed by atoms with Crippen molar-refractivity contribution in [2.75, 3.05) is 0 Å². The van der Waals surface area contributed by atoms with Crippen LogP contribution in [0, 0.1) is 6.92 Å². The highest BCUT2D eigenvalue weighted by molar-refractivity contribution is 6.31. The molecule has 1 aliphatic carbocycles. The molecule has 0 aromatic heterocycles. The van der Waals surface area contributed by atoms with Gasteiger partial charge < -0.3 is 0 Å². The maximum Gasteiger partial charge on any atom is 0.0435 e. The SMILES string of the molecule is Cc1cc(C2CCC(C)c3ccccc32)ccc1Cl. The highest BCUT2D eigenvalue weighted by Crippen LogP contribution is 2.42. The van der Waals surface area contributed by atoms with E-state index in [9.17, 15) is 0 Å². The molecule has 3 rings (SSSR count). The molecular formula is C18H19Cl. The van der Waals surface area contributed by atoms with Crippen LogP contribution in [0.15, 0.2) is 42.5 Å². The second-order valence-corrected chi connectivity index (χ2v) is 6.08. The molecular weight excluding hydrogens is 252 g/mol. The first-order valence-corrected chi connectivity index (χ1v) is 7.39. The average Bonchev–Trinajstić information content (AvgIpc) is 2.43. The third-order valence-electron chi connectivity index (χ3n) is 4.38. The molecule has 19 heavy (non-hydrogen) atoms. The molecule has 2 atom stereocenters. The molecule has 0 amide bonds. The fourth-order valence-corrected chi connectivity index (χ4v) is 3.35. The lowest BCUT2D eigenvalue weighted by Crippen LogP contribution is -2.13. The molecule has 2 aromatic carbocycles. The summed E-state index contributed by atoms with van der Waals surface area (Å²) >= 11 is 6.14. The Morgan fingerprint density at radius 3 is 2.47 bits per heavy atom. The van der Waals surface area contributed by atoms with Crippen molar-refractivity contribution in [3.05, 3.63) is 69.7 Å². The minimum absolute atomic E-state index is 0.531. The first kappa shape index (κ1) is 12.7. The van der Waals surface area contributed by atoms with Gasteiger partial charge in [0.05, 0.1) is 0 Å². The van der Waals surface area contributed by atoms with Crippen LogP contribution in [0.1, 0.15) is 53.9 Å². The van der Waals surface area contributed by atoms with E-state index in [1.54, 1.807) is 0 Å². The Morgan fingerprint density at radius 2 is 1.74 bits per heavy atom. The quantitative estimate of drug-likeness (QED) is 0.626. The van der Waals surface area contributed by atoms with Crippen molar-refractivity contribution in [3.63, 3.8) is 0 Å². The summed E-state index contributed by atoms with van der Waals surface area (Å²) in [6.07, 6.45) is 2.50. The monoisotopic (exact) mass is 270 g/mol. The Hall–Kier alpha value is -1.27. The molecule has 2 unspecified atom stereocenters. The van der Waals surface area contributed by atoms with E-state index in [1.807, 2.05) is 6.07 Å². The van der Waals surface area contributed by atoms with Gasteiger partial charge in [-0.25, -0.2) is 0 Å². The second kappa shape index (κ2) is 5.02. The van der Waals surface area contributed by atoms with Crippen LogP contribution in [0.4, 0.5) is 0 Å². The van der Waals surface area contributed by atoms with Crippen LogP contribution in [0.5, 0.6) is 0 Å². The second-order valence-electron chi connectivity index (χ2n) is 5.67. The Bertz CT molecular complexity index is 600. The summed E-state index contributed by atoms with van der Waals surface area (Å²) in [6, 6.07) is 15.4. The molecule has 0 radical (unpaired) electrons. The summed E-state index contributed by atoms with van der Waals surface area (Å²) in [5.74, 6) is 1.21. The number of fused-ring (bicyclic) bond motifs is 1. The summed E-state index contributed by atoms with van der Waals surface area (Å²) < 4.78 is 0. The van der Waals surface area contributed by atoms with Crippen molar-refractivity contribution >= 4 is 11.6 Å². The highest BCUT2D eigenvalue weighted by atomic mass is 35.5. The Kier molecular flexibility index (Phi) is 3.36. The molecule has 0 heterocycles. The number of aryl methyl sites for hydroxylation is 1. The largest absolute Gasteiger partial charge is 0.0841 e. The van der Waals surface area contributed by atoms with Crippen molar-refractivity contribution in [3.8, 4) is 0 Å². The van der Waals surface area contributed by atoms with Gasteiger partial charge in [0, 0.05) is 10.9 Å². The zero-order valence-electron chi connectivity index (χ0n) is 11.5. The van der Waals surface area contributed by atoms with E-state index >= 15 is 0 Å².